The number of nitrogens with zero attached hydrogens (tertiary/aromatic N) is 1. The Labute approximate surface area is 213 Å². The maximum Gasteiger partial charge on any atom is 0.249 e. The minimum atomic E-state index is 0.267. The van der Waals surface area contributed by atoms with E-state index in [2.05, 4.69) is 73.5 Å². The molecule has 2 aliphatic rings. The van der Waals surface area contributed by atoms with E-state index in [1.165, 1.54) is 27.8 Å². The standard InChI is InChI=1S/C29H39N3O.C2H6/c1-20-4-7-23(8-5-20)29(33)32-14-12-27(13-15-32)31-28-11-10-25(19-30)26(18-28)17-24-9-6-21(2)16-22(24)3;1-2/h6-7,9-11,16,18,20,27,31H,4-5,8,12-15,17,19,30H2,1-3H3;1-2H3. The third kappa shape index (κ3) is 7.20. The number of hydrogen-bond acceptors (Lipinski definition) is 3. The summed E-state index contributed by atoms with van der Waals surface area (Å²) in [7, 11) is 0. The first-order valence-corrected chi connectivity index (χ1v) is 13.6. The molecule has 0 bridgehead atoms. The van der Waals surface area contributed by atoms with Crippen LogP contribution < -0.4 is 11.1 Å². The fraction of sp³-hybridized carbons (Fsp3) is 0.516. The summed E-state index contributed by atoms with van der Waals surface area (Å²) in [6.07, 6.45) is 8.17. The fourth-order valence-corrected chi connectivity index (χ4v) is 5.15. The second-order valence-corrected chi connectivity index (χ2v) is 10.1. The molecule has 2 aromatic rings. The van der Waals surface area contributed by atoms with Crippen LogP contribution in [0.4, 0.5) is 5.69 Å². The molecule has 4 rings (SSSR count). The van der Waals surface area contributed by atoms with Crippen LogP contribution in [0, 0.1) is 19.8 Å². The van der Waals surface area contributed by atoms with Crippen LogP contribution in [-0.2, 0) is 17.8 Å². The highest BCUT2D eigenvalue weighted by Gasteiger charge is 2.26. The normalized spacial score (nSPS) is 18.4. The quantitative estimate of drug-likeness (QED) is 0.499. The Bertz CT molecular complexity index is 1020. The van der Waals surface area contributed by atoms with E-state index in [0.717, 1.165) is 62.9 Å². The third-order valence-corrected chi connectivity index (χ3v) is 7.41. The molecule has 1 saturated heterocycles. The number of carbonyl (C=O) groups is 1. The van der Waals surface area contributed by atoms with Crippen molar-refractivity contribution < 1.29 is 4.79 Å². The summed E-state index contributed by atoms with van der Waals surface area (Å²) in [6, 6.07) is 13.7. The van der Waals surface area contributed by atoms with Crippen molar-refractivity contribution in [2.45, 2.75) is 85.7 Å². The molecule has 1 atom stereocenters. The van der Waals surface area contributed by atoms with Gasteiger partial charge in [-0.1, -0.05) is 56.7 Å². The van der Waals surface area contributed by atoms with Crippen molar-refractivity contribution in [2.75, 3.05) is 18.4 Å². The van der Waals surface area contributed by atoms with E-state index in [4.69, 9.17) is 5.73 Å². The number of nitrogens with one attached hydrogen (secondary N) is 1. The first-order valence-electron chi connectivity index (χ1n) is 13.6. The maximum atomic E-state index is 12.9. The van der Waals surface area contributed by atoms with Gasteiger partial charge in [-0.25, -0.2) is 0 Å². The zero-order chi connectivity index (χ0) is 25.4. The Morgan fingerprint density at radius 3 is 2.34 bits per heavy atom. The Balaban J connectivity index is 0.00000167. The Morgan fingerprint density at radius 2 is 1.71 bits per heavy atom. The second kappa shape index (κ2) is 12.9. The maximum absolute atomic E-state index is 12.9. The lowest BCUT2D eigenvalue weighted by atomic mass is 9.90. The number of piperidine rings is 1. The Kier molecular flexibility index (Phi) is 9.97. The van der Waals surface area contributed by atoms with Crippen LogP contribution in [0.15, 0.2) is 48.0 Å². The fourth-order valence-electron chi connectivity index (χ4n) is 5.15. The molecular formula is C31H45N3O. The monoisotopic (exact) mass is 475 g/mol. The summed E-state index contributed by atoms with van der Waals surface area (Å²) in [5.41, 5.74) is 14.7. The van der Waals surface area contributed by atoms with Crippen LogP contribution in [0.5, 0.6) is 0 Å². The van der Waals surface area contributed by atoms with Crippen LogP contribution in [0.3, 0.4) is 0 Å². The van der Waals surface area contributed by atoms with Crippen LogP contribution in [0.25, 0.3) is 0 Å². The average Bonchev–Trinajstić information content (AvgIpc) is 2.88. The van der Waals surface area contributed by atoms with E-state index >= 15 is 0 Å². The molecule has 35 heavy (non-hydrogen) atoms. The molecule has 1 fully saturated rings. The molecule has 4 heteroatoms. The van der Waals surface area contributed by atoms with Gasteiger partial charge in [0.05, 0.1) is 0 Å². The van der Waals surface area contributed by atoms with Crippen molar-refractivity contribution in [1.29, 1.82) is 0 Å². The van der Waals surface area contributed by atoms with E-state index in [-0.39, 0.29) is 5.91 Å². The van der Waals surface area contributed by atoms with Crippen molar-refractivity contribution in [3.05, 3.63) is 75.9 Å². The summed E-state index contributed by atoms with van der Waals surface area (Å²) in [6.45, 7) is 12.8. The zero-order valence-corrected chi connectivity index (χ0v) is 22.5. The van der Waals surface area contributed by atoms with E-state index in [9.17, 15) is 4.79 Å². The van der Waals surface area contributed by atoms with Crippen molar-refractivity contribution in [3.8, 4) is 0 Å². The van der Waals surface area contributed by atoms with Crippen molar-refractivity contribution in [2.24, 2.45) is 11.7 Å². The number of amides is 1. The molecule has 3 N–H and O–H groups in total. The second-order valence-electron chi connectivity index (χ2n) is 10.1. The largest absolute Gasteiger partial charge is 0.382 e. The number of allylic oxidation sites excluding steroid dienone is 1. The number of carbonyl (C=O) groups excluding carboxylic acids is 1. The summed E-state index contributed by atoms with van der Waals surface area (Å²) >= 11 is 0. The molecule has 0 saturated carbocycles. The number of aryl methyl sites for hydroxylation is 2. The molecule has 2 aromatic carbocycles. The van der Waals surface area contributed by atoms with Crippen LogP contribution in [0.2, 0.25) is 0 Å². The van der Waals surface area contributed by atoms with Gasteiger partial charge in [-0.3, -0.25) is 4.79 Å². The van der Waals surface area contributed by atoms with E-state index in [1.807, 2.05) is 13.8 Å². The minimum Gasteiger partial charge on any atom is -0.382 e. The topological polar surface area (TPSA) is 58.4 Å². The van der Waals surface area contributed by atoms with Gasteiger partial charge in [-0.2, -0.15) is 0 Å². The van der Waals surface area contributed by atoms with Gasteiger partial charge >= 0.3 is 0 Å². The minimum absolute atomic E-state index is 0.267. The lowest BCUT2D eigenvalue weighted by Crippen LogP contribution is -2.43. The van der Waals surface area contributed by atoms with Crippen LogP contribution >= 0.6 is 0 Å². The number of benzene rings is 2. The lowest BCUT2D eigenvalue weighted by Gasteiger charge is -2.34. The smallest absolute Gasteiger partial charge is 0.249 e. The molecule has 1 heterocycles. The highest BCUT2D eigenvalue weighted by molar-refractivity contribution is 5.93. The molecule has 0 aromatic heterocycles. The van der Waals surface area contributed by atoms with Gasteiger partial charge < -0.3 is 16.0 Å². The van der Waals surface area contributed by atoms with Crippen LogP contribution in [0.1, 0.15) is 80.7 Å². The molecule has 1 aliphatic carbocycles. The van der Waals surface area contributed by atoms with Crippen molar-refractivity contribution >= 4 is 11.6 Å². The molecular weight excluding hydrogens is 430 g/mol. The highest BCUT2D eigenvalue weighted by Crippen LogP contribution is 2.27. The predicted molar refractivity (Wildman–Crippen MR) is 149 cm³/mol. The predicted octanol–water partition coefficient (Wildman–Crippen LogP) is 6.53. The van der Waals surface area contributed by atoms with E-state index in [1.54, 1.807) is 0 Å². The van der Waals surface area contributed by atoms with Gasteiger partial charge in [0, 0.05) is 36.9 Å². The van der Waals surface area contributed by atoms with Gasteiger partial charge in [-0.15, -0.1) is 0 Å². The average molecular weight is 476 g/mol. The number of anilines is 1. The SMILES string of the molecule is CC.Cc1ccc(Cc2cc(NC3CCN(C(=O)C4=CCC(C)CC4)CC3)ccc2CN)c(C)c1. The van der Waals surface area contributed by atoms with E-state index in [0.29, 0.717) is 18.5 Å². The summed E-state index contributed by atoms with van der Waals surface area (Å²) < 4.78 is 0. The van der Waals surface area contributed by atoms with Gasteiger partial charge in [0.1, 0.15) is 0 Å². The van der Waals surface area contributed by atoms with E-state index < -0.39 is 0 Å². The number of hydrogen-bond donors (Lipinski definition) is 2. The van der Waals surface area contributed by atoms with Crippen molar-refractivity contribution in [1.82, 2.24) is 4.90 Å². The van der Waals surface area contributed by atoms with Crippen molar-refractivity contribution in [3.63, 3.8) is 0 Å². The molecule has 1 unspecified atom stereocenters. The Morgan fingerprint density at radius 1 is 1.00 bits per heavy atom. The highest BCUT2D eigenvalue weighted by atomic mass is 16.2. The first kappa shape index (κ1) is 27.0. The van der Waals surface area contributed by atoms with Gasteiger partial charge in [-0.05, 0) is 92.7 Å². The number of rotatable bonds is 6. The van der Waals surface area contributed by atoms with Gasteiger partial charge in [0.15, 0.2) is 0 Å². The number of likely N-dealkylation sites (tertiary alicyclic amines) is 1. The molecule has 4 nitrogen and oxygen atoms in total. The van der Waals surface area contributed by atoms with Crippen LogP contribution in [-0.4, -0.2) is 29.9 Å². The molecule has 1 aliphatic heterocycles. The van der Waals surface area contributed by atoms with Gasteiger partial charge in [0.25, 0.3) is 0 Å². The summed E-state index contributed by atoms with van der Waals surface area (Å²) in [5.74, 6) is 0.977. The molecule has 190 valence electrons. The zero-order valence-electron chi connectivity index (χ0n) is 22.5. The first-order chi connectivity index (χ1) is 16.9. The number of nitrogens with two attached hydrogens (primary N) is 1. The Hall–Kier alpha value is -2.59. The molecule has 1 amide bonds. The molecule has 0 radical (unpaired) electrons. The third-order valence-electron chi connectivity index (χ3n) is 7.41. The lowest BCUT2D eigenvalue weighted by molar-refractivity contribution is -0.128. The van der Waals surface area contributed by atoms with Gasteiger partial charge in [0.2, 0.25) is 5.91 Å². The summed E-state index contributed by atoms with van der Waals surface area (Å²) in [5, 5.41) is 3.73. The summed E-state index contributed by atoms with van der Waals surface area (Å²) in [4.78, 5) is 14.9. The molecule has 0 spiro atoms.